The SMILES string of the molecule is CC(C)(O)C(C)(C)O[B]c1cccc2c1-c1c(ccc3c1oc1ccccc13)C21c2ccccc2C2(c3ccccc3-c3ccccc32)c2ccccc21. The van der Waals surface area contributed by atoms with E-state index in [0.29, 0.717) is 0 Å². The van der Waals surface area contributed by atoms with Crippen molar-refractivity contribution < 1.29 is 14.2 Å². The Balaban J connectivity index is 1.29. The molecule has 0 bridgehead atoms. The van der Waals surface area contributed by atoms with Crippen molar-refractivity contribution >= 4 is 34.9 Å². The summed E-state index contributed by atoms with van der Waals surface area (Å²) in [6.07, 6.45) is 0. The number of aliphatic hydroxyl groups is 1. The minimum atomic E-state index is -1.07. The van der Waals surface area contributed by atoms with Crippen LogP contribution in [-0.4, -0.2) is 23.8 Å². The average Bonchev–Trinajstić information content (AvgIpc) is 3.82. The van der Waals surface area contributed by atoms with Gasteiger partial charge >= 0.3 is 7.48 Å². The van der Waals surface area contributed by atoms with Gasteiger partial charge in [-0.25, -0.2) is 0 Å². The van der Waals surface area contributed by atoms with Gasteiger partial charge in [0.15, 0.2) is 0 Å². The molecule has 0 amide bonds. The Bertz CT molecular complexity index is 2770. The Morgan fingerprint density at radius 2 is 0.963 bits per heavy atom. The maximum Gasteiger partial charge on any atom is 0.331 e. The normalized spacial score (nSPS) is 15.5. The number of para-hydroxylation sites is 1. The van der Waals surface area contributed by atoms with E-state index in [4.69, 9.17) is 9.07 Å². The van der Waals surface area contributed by atoms with Crippen LogP contribution in [0.2, 0.25) is 0 Å². The van der Waals surface area contributed by atoms with Gasteiger partial charge in [0.05, 0.1) is 22.0 Å². The van der Waals surface area contributed by atoms with E-state index in [0.717, 1.165) is 38.5 Å². The summed E-state index contributed by atoms with van der Waals surface area (Å²) in [5, 5.41) is 13.3. The highest BCUT2D eigenvalue weighted by Crippen LogP contribution is 2.67. The van der Waals surface area contributed by atoms with Gasteiger partial charge in [-0.2, -0.15) is 0 Å². The van der Waals surface area contributed by atoms with Gasteiger partial charge in [-0.1, -0.05) is 146 Å². The van der Waals surface area contributed by atoms with E-state index in [9.17, 15) is 5.11 Å². The Morgan fingerprint density at radius 3 is 1.56 bits per heavy atom. The van der Waals surface area contributed by atoms with E-state index < -0.39 is 22.0 Å². The van der Waals surface area contributed by atoms with Gasteiger partial charge < -0.3 is 14.2 Å². The molecule has 8 aromatic rings. The van der Waals surface area contributed by atoms with Crippen LogP contribution < -0.4 is 5.46 Å². The first-order valence-electron chi connectivity index (χ1n) is 18.9. The highest BCUT2D eigenvalue weighted by Gasteiger charge is 2.59. The zero-order valence-corrected chi connectivity index (χ0v) is 30.8. The molecule has 0 fully saturated rings. The summed E-state index contributed by atoms with van der Waals surface area (Å²) < 4.78 is 13.5. The molecule has 0 atom stereocenters. The molecule has 54 heavy (non-hydrogen) atoms. The molecule has 0 aliphatic heterocycles. The highest BCUT2D eigenvalue weighted by molar-refractivity contribution is 6.50. The van der Waals surface area contributed by atoms with E-state index >= 15 is 0 Å². The van der Waals surface area contributed by atoms with Crippen molar-refractivity contribution in [2.45, 2.75) is 49.7 Å². The van der Waals surface area contributed by atoms with E-state index in [-0.39, 0.29) is 0 Å². The number of hydrogen-bond acceptors (Lipinski definition) is 3. The quantitative estimate of drug-likeness (QED) is 0.186. The van der Waals surface area contributed by atoms with E-state index in [1.165, 1.54) is 55.6 Å². The van der Waals surface area contributed by atoms with Crippen molar-refractivity contribution in [2.24, 2.45) is 0 Å². The molecule has 259 valence electrons. The molecule has 0 unspecified atom stereocenters. The molecule has 2 spiro atoms. The summed E-state index contributed by atoms with van der Waals surface area (Å²) in [5.74, 6) is 0. The summed E-state index contributed by atoms with van der Waals surface area (Å²) in [6, 6.07) is 55.8. The lowest BCUT2D eigenvalue weighted by Gasteiger charge is -2.48. The first kappa shape index (κ1) is 31.8. The van der Waals surface area contributed by atoms with Crippen molar-refractivity contribution in [1.82, 2.24) is 0 Å². The molecule has 1 radical (unpaired) electrons. The van der Waals surface area contributed by atoms with Crippen LogP contribution in [-0.2, 0) is 15.5 Å². The van der Waals surface area contributed by atoms with Crippen LogP contribution in [0.25, 0.3) is 44.2 Å². The van der Waals surface area contributed by atoms with E-state index in [2.05, 4.69) is 146 Å². The standard InChI is InChI=1S/C50H38BO3/c1-47(2,52)48(3,4)54-51-42-26-15-25-40-44(42)45-41(29-28-33-32-18-7-14-27-43(32)53-46(33)45)50(40)38-23-12-10-21-36(38)49(37-22-11-13-24-39(37)50)34-19-8-5-16-30(34)31-17-6-9-20-35(31)49/h5-29,52H,1-4H3. The molecule has 11 rings (SSSR count). The van der Waals surface area contributed by atoms with Crippen molar-refractivity contribution in [3.8, 4) is 22.3 Å². The zero-order chi connectivity index (χ0) is 36.6. The minimum absolute atomic E-state index is 0.512. The first-order chi connectivity index (χ1) is 26.2. The smallest absolute Gasteiger partial charge is 0.331 e. The van der Waals surface area contributed by atoms with Crippen LogP contribution in [0.15, 0.2) is 156 Å². The van der Waals surface area contributed by atoms with Crippen molar-refractivity contribution in [3.63, 3.8) is 0 Å². The monoisotopic (exact) mass is 697 g/mol. The molecule has 1 N–H and O–H groups in total. The lowest BCUT2D eigenvalue weighted by Crippen LogP contribution is -2.49. The van der Waals surface area contributed by atoms with Gasteiger partial charge in [0.2, 0.25) is 0 Å². The second kappa shape index (κ2) is 10.7. The Morgan fingerprint density at radius 1 is 0.481 bits per heavy atom. The molecule has 3 nitrogen and oxygen atoms in total. The second-order valence-corrected chi connectivity index (χ2v) is 16.2. The fraction of sp³-hybridized carbons (Fsp3) is 0.160. The molecule has 0 saturated heterocycles. The van der Waals surface area contributed by atoms with Crippen LogP contribution >= 0.6 is 0 Å². The molecule has 3 aliphatic carbocycles. The lowest BCUT2D eigenvalue weighted by molar-refractivity contribution is -0.0893. The molecule has 4 heteroatoms. The van der Waals surface area contributed by atoms with E-state index in [1.54, 1.807) is 13.8 Å². The third kappa shape index (κ3) is 3.75. The maximum absolute atomic E-state index is 11.1. The van der Waals surface area contributed by atoms with E-state index in [1.807, 2.05) is 27.4 Å². The molecular weight excluding hydrogens is 659 g/mol. The molecule has 7 aromatic carbocycles. The molecule has 3 aliphatic rings. The fourth-order valence-corrected chi connectivity index (χ4v) is 10.1. The van der Waals surface area contributed by atoms with Crippen LogP contribution in [0.5, 0.6) is 0 Å². The van der Waals surface area contributed by atoms with Crippen LogP contribution in [0.4, 0.5) is 0 Å². The number of hydrogen-bond donors (Lipinski definition) is 1. The molecule has 1 aromatic heterocycles. The molecule has 1 heterocycles. The van der Waals surface area contributed by atoms with Gasteiger partial charge in [0, 0.05) is 16.3 Å². The average molecular weight is 698 g/mol. The van der Waals surface area contributed by atoms with Gasteiger partial charge in [0.1, 0.15) is 11.2 Å². The van der Waals surface area contributed by atoms with Gasteiger partial charge in [-0.05, 0) is 100 Å². The third-order valence-electron chi connectivity index (χ3n) is 13.1. The highest BCUT2D eigenvalue weighted by atomic mass is 16.5. The predicted octanol–water partition coefficient (Wildman–Crippen LogP) is 10.4. The lowest BCUT2D eigenvalue weighted by atomic mass is 9.52. The van der Waals surface area contributed by atoms with Crippen molar-refractivity contribution in [3.05, 3.63) is 196 Å². The Labute approximate surface area is 316 Å². The molecule has 0 saturated carbocycles. The summed E-state index contributed by atoms with van der Waals surface area (Å²) >= 11 is 0. The van der Waals surface area contributed by atoms with Gasteiger partial charge in [-0.15, -0.1) is 0 Å². The zero-order valence-electron chi connectivity index (χ0n) is 30.8. The topological polar surface area (TPSA) is 42.6 Å². The number of rotatable bonds is 4. The number of fused-ring (bicyclic) bond motifs is 20. The predicted molar refractivity (Wildman–Crippen MR) is 219 cm³/mol. The first-order valence-corrected chi connectivity index (χ1v) is 18.9. The summed E-state index contributed by atoms with van der Waals surface area (Å²) in [6.45, 7) is 7.46. The number of benzene rings is 7. The third-order valence-corrected chi connectivity index (χ3v) is 13.1. The summed E-state index contributed by atoms with van der Waals surface area (Å²) in [7, 11) is 1.85. The largest absolute Gasteiger partial charge is 0.455 e. The summed E-state index contributed by atoms with van der Waals surface area (Å²) in [4.78, 5) is 0. The molecular formula is C50H38BO3. The van der Waals surface area contributed by atoms with Crippen LogP contribution in [0.3, 0.4) is 0 Å². The number of furan rings is 1. The van der Waals surface area contributed by atoms with Crippen LogP contribution in [0.1, 0.15) is 72.2 Å². The minimum Gasteiger partial charge on any atom is -0.455 e. The fourth-order valence-electron chi connectivity index (χ4n) is 10.1. The van der Waals surface area contributed by atoms with Crippen molar-refractivity contribution in [2.75, 3.05) is 0 Å². The summed E-state index contributed by atoms with van der Waals surface area (Å²) in [5.41, 5.74) is 14.5. The maximum atomic E-state index is 11.1. The van der Waals surface area contributed by atoms with Gasteiger partial charge in [0.25, 0.3) is 0 Å². The Kier molecular flexibility index (Phi) is 6.32. The Hall–Kier alpha value is -5.68. The van der Waals surface area contributed by atoms with Gasteiger partial charge in [-0.3, -0.25) is 0 Å². The van der Waals surface area contributed by atoms with Crippen molar-refractivity contribution in [1.29, 1.82) is 0 Å². The second-order valence-electron chi connectivity index (χ2n) is 16.2. The van der Waals surface area contributed by atoms with Crippen LogP contribution in [0, 0.1) is 0 Å².